The Hall–Kier alpha value is -0.780. The fraction of sp³-hybridized carbons (Fsp3) is 0.385. The normalized spacial score (nSPS) is 11.8. The summed E-state index contributed by atoms with van der Waals surface area (Å²) in [5.74, 6) is 0.854. The highest BCUT2D eigenvalue weighted by Crippen LogP contribution is 2.28. The van der Waals surface area contributed by atoms with E-state index in [-0.39, 0.29) is 5.41 Å². The van der Waals surface area contributed by atoms with Crippen molar-refractivity contribution in [3.8, 4) is 10.6 Å². The predicted octanol–water partition coefficient (Wildman–Crippen LogP) is 3.50. The van der Waals surface area contributed by atoms with Crippen LogP contribution in [0.5, 0.6) is 0 Å². The van der Waals surface area contributed by atoms with Crippen molar-refractivity contribution < 1.29 is 0 Å². The van der Waals surface area contributed by atoms with Crippen molar-refractivity contribution in [3.63, 3.8) is 0 Å². The van der Waals surface area contributed by atoms with Crippen LogP contribution in [0.4, 0.5) is 0 Å². The minimum atomic E-state index is 0.0364. The van der Waals surface area contributed by atoms with Crippen LogP contribution in [0.3, 0.4) is 0 Å². The molecule has 0 saturated carbocycles. The largest absolute Gasteiger partial charge is 0.330 e. The quantitative estimate of drug-likeness (QED) is 0.936. The van der Waals surface area contributed by atoms with E-state index in [1.54, 1.807) is 11.3 Å². The summed E-state index contributed by atoms with van der Waals surface area (Å²) in [6.45, 7) is 4.89. The Balaban J connectivity index is 2.25. The van der Waals surface area contributed by atoms with Gasteiger partial charge in [-0.15, -0.1) is 11.3 Å². The summed E-state index contributed by atoms with van der Waals surface area (Å²) in [6, 6.07) is 4.02. The van der Waals surface area contributed by atoms with E-state index in [0.717, 1.165) is 27.3 Å². The molecule has 18 heavy (non-hydrogen) atoms. The third-order valence-corrected chi connectivity index (χ3v) is 4.43. The van der Waals surface area contributed by atoms with Crippen LogP contribution in [-0.4, -0.2) is 16.5 Å². The van der Waals surface area contributed by atoms with Gasteiger partial charge in [-0.05, 0) is 40.0 Å². The SMILES string of the molecule is CC(C)(CN)Cc1nccc(-c2cc(Br)cs2)n1. The van der Waals surface area contributed by atoms with Crippen LogP contribution in [-0.2, 0) is 6.42 Å². The van der Waals surface area contributed by atoms with Crippen molar-refractivity contribution in [3.05, 3.63) is 34.0 Å². The number of thiophene rings is 1. The van der Waals surface area contributed by atoms with Crippen LogP contribution in [0.15, 0.2) is 28.2 Å². The van der Waals surface area contributed by atoms with Crippen LogP contribution < -0.4 is 5.73 Å². The zero-order valence-electron chi connectivity index (χ0n) is 10.5. The fourth-order valence-corrected chi connectivity index (χ4v) is 2.97. The lowest BCUT2D eigenvalue weighted by Gasteiger charge is -2.20. The Morgan fingerprint density at radius 2 is 2.22 bits per heavy atom. The van der Waals surface area contributed by atoms with Crippen molar-refractivity contribution >= 4 is 27.3 Å². The number of nitrogens with zero attached hydrogens (tertiary/aromatic N) is 2. The van der Waals surface area contributed by atoms with Crippen LogP contribution in [0.2, 0.25) is 0 Å². The lowest BCUT2D eigenvalue weighted by atomic mass is 9.89. The number of hydrogen-bond acceptors (Lipinski definition) is 4. The molecule has 3 nitrogen and oxygen atoms in total. The van der Waals surface area contributed by atoms with E-state index in [1.165, 1.54) is 0 Å². The Morgan fingerprint density at radius 1 is 1.44 bits per heavy atom. The lowest BCUT2D eigenvalue weighted by Crippen LogP contribution is -2.26. The molecule has 0 aliphatic heterocycles. The zero-order chi connectivity index (χ0) is 13.2. The van der Waals surface area contributed by atoms with Gasteiger partial charge in [0, 0.05) is 22.5 Å². The zero-order valence-corrected chi connectivity index (χ0v) is 12.9. The second-order valence-electron chi connectivity index (χ2n) is 5.03. The summed E-state index contributed by atoms with van der Waals surface area (Å²) in [6.07, 6.45) is 2.61. The molecule has 2 heterocycles. The molecule has 0 unspecified atom stereocenters. The van der Waals surface area contributed by atoms with E-state index >= 15 is 0 Å². The molecule has 0 bridgehead atoms. The Bertz CT molecular complexity index is 537. The molecule has 2 rings (SSSR count). The first kappa shape index (κ1) is 13.6. The molecule has 0 aromatic carbocycles. The molecular weight excluding hydrogens is 310 g/mol. The van der Waals surface area contributed by atoms with Crippen molar-refractivity contribution in [2.24, 2.45) is 11.1 Å². The summed E-state index contributed by atoms with van der Waals surface area (Å²) >= 11 is 5.13. The monoisotopic (exact) mass is 325 g/mol. The number of aromatic nitrogens is 2. The predicted molar refractivity (Wildman–Crippen MR) is 79.6 cm³/mol. The average molecular weight is 326 g/mol. The molecule has 2 aromatic rings. The van der Waals surface area contributed by atoms with E-state index in [9.17, 15) is 0 Å². The first-order valence-electron chi connectivity index (χ1n) is 5.76. The minimum absolute atomic E-state index is 0.0364. The highest BCUT2D eigenvalue weighted by molar-refractivity contribution is 9.10. The van der Waals surface area contributed by atoms with Gasteiger partial charge in [0.2, 0.25) is 0 Å². The molecule has 96 valence electrons. The third-order valence-electron chi connectivity index (χ3n) is 2.71. The Kier molecular flexibility index (Phi) is 4.14. The summed E-state index contributed by atoms with van der Waals surface area (Å²) in [7, 11) is 0. The van der Waals surface area contributed by atoms with Crippen LogP contribution in [0.1, 0.15) is 19.7 Å². The van der Waals surface area contributed by atoms with Gasteiger partial charge in [0.1, 0.15) is 5.82 Å². The van der Waals surface area contributed by atoms with E-state index in [0.29, 0.717) is 6.54 Å². The van der Waals surface area contributed by atoms with Gasteiger partial charge in [0.05, 0.1) is 10.6 Å². The van der Waals surface area contributed by atoms with Crippen molar-refractivity contribution in [2.75, 3.05) is 6.54 Å². The Morgan fingerprint density at radius 3 is 2.83 bits per heavy atom. The first-order chi connectivity index (χ1) is 8.50. The molecule has 0 amide bonds. The minimum Gasteiger partial charge on any atom is -0.330 e. The summed E-state index contributed by atoms with van der Waals surface area (Å²) < 4.78 is 1.09. The maximum atomic E-state index is 5.75. The lowest BCUT2D eigenvalue weighted by molar-refractivity contribution is 0.368. The fourth-order valence-electron chi connectivity index (χ4n) is 1.57. The maximum Gasteiger partial charge on any atom is 0.129 e. The summed E-state index contributed by atoms with van der Waals surface area (Å²) in [4.78, 5) is 10.1. The third kappa shape index (κ3) is 3.37. The van der Waals surface area contributed by atoms with Gasteiger partial charge < -0.3 is 5.73 Å². The van der Waals surface area contributed by atoms with Crippen LogP contribution >= 0.6 is 27.3 Å². The standard InChI is InChI=1S/C13H16BrN3S/c1-13(2,8-15)6-12-16-4-3-10(17-12)11-5-9(14)7-18-11/h3-5,7H,6,8,15H2,1-2H3. The highest BCUT2D eigenvalue weighted by atomic mass is 79.9. The van der Waals surface area contributed by atoms with Crippen molar-refractivity contribution in [1.82, 2.24) is 9.97 Å². The van der Waals surface area contributed by atoms with E-state index in [1.807, 2.05) is 12.3 Å². The molecule has 0 atom stereocenters. The number of halogens is 1. The van der Waals surface area contributed by atoms with Gasteiger partial charge >= 0.3 is 0 Å². The van der Waals surface area contributed by atoms with Gasteiger partial charge in [-0.2, -0.15) is 0 Å². The average Bonchev–Trinajstić information content (AvgIpc) is 2.76. The number of rotatable bonds is 4. The molecule has 0 fully saturated rings. The Labute approximate surface area is 120 Å². The van der Waals surface area contributed by atoms with Gasteiger partial charge in [-0.3, -0.25) is 0 Å². The number of nitrogens with two attached hydrogens (primary N) is 1. The topological polar surface area (TPSA) is 51.8 Å². The highest BCUT2D eigenvalue weighted by Gasteiger charge is 2.18. The van der Waals surface area contributed by atoms with E-state index in [4.69, 9.17) is 5.73 Å². The van der Waals surface area contributed by atoms with Gasteiger partial charge in [-0.25, -0.2) is 9.97 Å². The molecule has 0 radical (unpaired) electrons. The smallest absolute Gasteiger partial charge is 0.129 e. The molecule has 0 spiro atoms. The molecule has 2 aromatic heterocycles. The van der Waals surface area contributed by atoms with E-state index in [2.05, 4.69) is 51.2 Å². The molecule has 5 heteroatoms. The van der Waals surface area contributed by atoms with Gasteiger partial charge in [0.15, 0.2) is 0 Å². The summed E-state index contributed by atoms with van der Waals surface area (Å²) in [5, 5.41) is 2.06. The summed E-state index contributed by atoms with van der Waals surface area (Å²) in [5.41, 5.74) is 6.76. The van der Waals surface area contributed by atoms with Gasteiger partial charge in [0.25, 0.3) is 0 Å². The van der Waals surface area contributed by atoms with Crippen molar-refractivity contribution in [2.45, 2.75) is 20.3 Å². The second kappa shape index (κ2) is 5.47. The molecule has 2 N–H and O–H groups in total. The van der Waals surface area contributed by atoms with Gasteiger partial charge in [-0.1, -0.05) is 13.8 Å². The van der Waals surface area contributed by atoms with Crippen LogP contribution in [0, 0.1) is 5.41 Å². The molecule has 0 aliphatic carbocycles. The van der Waals surface area contributed by atoms with Crippen molar-refractivity contribution in [1.29, 1.82) is 0 Å². The second-order valence-corrected chi connectivity index (χ2v) is 6.86. The molecule has 0 saturated heterocycles. The number of hydrogen-bond donors (Lipinski definition) is 1. The molecule has 0 aliphatic rings. The first-order valence-corrected chi connectivity index (χ1v) is 7.44. The van der Waals surface area contributed by atoms with E-state index < -0.39 is 0 Å². The van der Waals surface area contributed by atoms with Crippen LogP contribution in [0.25, 0.3) is 10.6 Å². The maximum absolute atomic E-state index is 5.75. The molecular formula is C13H16BrN3S.